The van der Waals surface area contributed by atoms with E-state index in [4.69, 9.17) is 23.9 Å². The number of para-hydroxylation sites is 1. The van der Waals surface area contributed by atoms with E-state index in [9.17, 15) is 9.59 Å². The molecule has 12 nitrogen and oxygen atoms in total. The third-order valence-corrected chi connectivity index (χ3v) is 8.35. The summed E-state index contributed by atoms with van der Waals surface area (Å²) in [5.74, 6) is 2.40. The zero-order valence-corrected chi connectivity index (χ0v) is 28.2. The van der Waals surface area contributed by atoms with Gasteiger partial charge in [-0.3, -0.25) is 9.80 Å². The molecule has 0 spiro atoms. The molecular weight excluding hydrogens is 610 g/mol. The zero-order chi connectivity index (χ0) is 33.8. The summed E-state index contributed by atoms with van der Waals surface area (Å²) in [6, 6.07) is 11.1. The number of imidazole rings is 2. The molecule has 7 rings (SSSR count). The molecule has 1 fully saturated rings. The first-order chi connectivity index (χ1) is 22.8. The Kier molecular flexibility index (Phi) is 7.76. The Hall–Kier alpha value is -5.13. The van der Waals surface area contributed by atoms with Crippen LogP contribution in [0.4, 0.5) is 9.59 Å². The van der Waals surface area contributed by atoms with Crippen LogP contribution in [0.3, 0.4) is 0 Å². The van der Waals surface area contributed by atoms with E-state index in [0.717, 1.165) is 52.8 Å². The summed E-state index contributed by atoms with van der Waals surface area (Å²) in [6.45, 7) is 12.4. The van der Waals surface area contributed by atoms with Crippen LogP contribution in [-0.2, 0) is 9.47 Å². The van der Waals surface area contributed by atoms with Crippen molar-refractivity contribution < 1.29 is 23.5 Å². The van der Waals surface area contributed by atoms with Gasteiger partial charge in [0.15, 0.2) is 5.76 Å². The number of ether oxygens (including phenoxy) is 2. The monoisotopic (exact) mass is 651 g/mol. The average Bonchev–Trinajstić information content (AvgIpc) is 3.83. The highest BCUT2D eigenvalue weighted by atomic mass is 16.6. The lowest BCUT2D eigenvalue weighted by molar-refractivity contribution is 0.0181. The number of hydrogen-bond acceptors (Lipinski definition) is 8. The number of nitrogens with one attached hydrogen (secondary N) is 2. The lowest BCUT2D eigenvalue weighted by atomic mass is 10.1. The van der Waals surface area contributed by atoms with E-state index in [2.05, 4.69) is 21.0 Å². The van der Waals surface area contributed by atoms with Gasteiger partial charge in [-0.05, 0) is 91.1 Å². The Morgan fingerprint density at radius 1 is 0.896 bits per heavy atom. The molecular formula is C36H41N7O5. The standard InChI is InChI=1S/C36H41N7O5/c1-35(2,3)47-33(44)42-17-8-7-13-26(42)31-39-24-12-9-11-22(29(24)41-31)32-37-20-28(46-32)21-15-16-23-25(19-21)40-30(38-23)27-14-10-18-43(27)34(45)48-36(4,5)6/h7,9,11-13,15-16,19-20,26-27H,8,10,14,17-18H2,1-6H3,(H,38,40)(H,39,41)/t26-,27-/m0/s1. The van der Waals surface area contributed by atoms with Crippen molar-refractivity contribution >= 4 is 34.3 Å². The van der Waals surface area contributed by atoms with Crippen LogP contribution >= 0.6 is 0 Å². The highest BCUT2D eigenvalue weighted by Crippen LogP contribution is 2.36. The second-order valence-electron chi connectivity index (χ2n) is 14.4. The number of carbonyl (C=O) groups excluding carboxylic acids is 2. The first-order valence-corrected chi connectivity index (χ1v) is 16.4. The summed E-state index contributed by atoms with van der Waals surface area (Å²) in [5.41, 5.74) is 3.55. The van der Waals surface area contributed by atoms with Crippen LogP contribution in [0.15, 0.2) is 59.2 Å². The van der Waals surface area contributed by atoms with Crippen molar-refractivity contribution in [1.29, 1.82) is 0 Å². The molecule has 0 unspecified atom stereocenters. The summed E-state index contributed by atoms with van der Waals surface area (Å²) in [4.78, 5) is 50.6. The van der Waals surface area contributed by atoms with Gasteiger partial charge in [0, 0.05) is 18.7 Å². The minimum absolute atomic E-state index is 0.174. The summed E-state index contributed by atoms with van der Waals surface area (Å²) in [7, 11) is 0. The number of aromatic nitrogens is 5. The van der Waals surface area contributed by atoms with E-state index in [1.54, 1.807) is 16.0 Å². The largest absolute Gasteiger partial charge is 0.444 e. The maximum absolute atomic E-state index is 13.1. The van der Waals surface area contributed by atoms with Crippen LogP contribution in [0.1, 0.15) is 84.5 Å². The number of fused-ring (bicyclic) bond motifs is 2. The second-order valence-corrected chi connectivity index (χ2v) is 14.4. The number of nitrogens with zero attached hydrogens (tertiary/aromatic N) is 5. The van der Waals surface area contributed by atoms with Crippen molar-refractivity contribution in [3.63, 3.8) is 0 Å². The highest BCUT2D eigenvalue weighted by Gasteiger charge is 2.35. The van der Waals surface area contributed by atoms with Gasteiger partial charge in [-0.2, -0.15) is 0 Å². The molecule has 0 saturated carbocycles. The van der Waals surface area contributed by atoms with E-state index in [0.29, 0.717) is 36.1 Å². The molecule has 5 heterocycles. The Balaban J connectivity index is 1.15. The van der Waals surface area contributed by atoms with E-state index in [1.165, 1.54) is 0 Å². The van der Waals surface area contributed by atoms with Gasteiger partial charge in [-0.25, -0.2) is 24.5 Å². The molecule has 2 amide bonds. The SMILES string of the molecule is CC(C)(C)OC(=O)N1CCC=C[C@H]1c1nc2c(-c3ncc(-c4ccc5nc([C@@H]6CCCN6C(=O)OC(C)(C)C)[nH]c5c4)o3)cccc2[nH]1. The molecule has 2 aromatic carbocycles. The fraction of sp³-hybridized carbons (Fsp3) is 0.417. The predicted octanol–water partition coefficient (Wildman–Crippen LogP) is 8.07. The third kappa shape index (κ3) is 6.26. The minimum Gasteiger partial charge on any atom is -0.444 e. The lowest BCUT2D eigenvalue weighted by Crippen LogP contribution is -2.40. The van der Waals surface area contributed by atoms with Gasteiger partial charge in [0.25, 0.3) is 0 Å². The summed E-state index contributed by atoms with van der Waals surface area (Å²) < 4.78 is 17.6. The van der Waals surface area contributed by atoms with Gasteiger partial charge in [-0.15, -0.1) is 0 Å². The zero-order valence-electron chi connectivity index (χ0n) is 28.2. The van der Waals surface area contributed by atoms with Crippen molar-refractivity contribution in [3.05, 3.63) is 66.4 Å². The maximum atomic E-state index is 13.1. The fourth-order valence-corrected chi connectivity index (χ4v) is 6.27. The van der Waals surface area contributed by atoms with Gasteiger partial charge >= 0.3 is 12.2 Å². The first-order valence-electron chi connectivity index (χ1n) is 16.4. The molecule has 2 N–H and O–H groups in total. The van der Waals surface area contributed by atoms with Crippen molar-refractivity contribution in [2.75, 3.05) is 13.1 Å². The molecule has 2 atom stereocenters. The van der Waals surface area contributed by atoms with Crippen molar-refractivity contribution in [3.8, 4) is 22.8 Å². The molecule has 0 aliphatic carbocycles. The molecule has 5 aromatic rings. The van der Waals surface area contributed by atoms with Gasteiger partial charge in [0.1, 0.15) is 34.4 Å². The normalized spacial score (nSPS) is 18.6. The van der Waals surface area contributed by atoms with Crippen LogP contribution in [0, 0.1) is 0 Å². The van der Waals surface area contributed by atoms with Crippen LogP contribution in [-0.4, -0.2) is 71.2 Å². The Bertz CT molecular complexity index is 2030. The molecule has 0 radical (unpaired) electrons. The van der Waals surface area contributed by atoms with E-state index in [-0.39, 0.29) is 24.3 Å². The molecule has 3 aromatic heterocycles. The van der Waals surface area contributed by atoms with Crippen LogP contribution in [0.2, 0.25) is 0 Å². The third-order valence-electron chi connectivity index (χ3n) is 8.35. The number of carbonyl (C=O) groups is 2. The van der Waals surface area contributed by atoms with E-state index < -0.39 is 11.2 Å². The quantitative estimate of drug-likeness (QED) is 0.186. The number of amides is 2. The molecule has 0 bridgehead atoms. The summed E-state index contributed by atoms with van der Waals surface area (Å²) >= 11 is 0. The molecule has 2 aliphatic rings. The smallest absolute Gasteiger partial charge is 0.411 e. The van der Waals surface area contributed by atoms with Gasteiger partial charge in [0.05, 0.1) is 34.4 Å². The Morgan fingerprint density at radius 3 is 2.42 bits per heavy atom. The van der Waals surface area contributed by atoms with E-state index in [1.807, 2.05) is 84.0 Å². The van der Waals surface area contributed by atoms with Gasteiger partial charge < -0.3 is 23.9 Å². The average molecular weight is 652 g/mol. The fourth-order valence-electron chi connectivity index (χ4n) is 6.27. The molecule has 48 heavy (non-hydrogen) atoms. The molecule has 2 aliphatic heterocycles. The van der Waals surface area contributed by atoms with Gasteiger partial charge in [-0.1, -0.05) is 18.2 Å². The van der Waals surface area contributed by atoms with Crippen LogP contribution in [0.25, 0.3) is 44.8 Å². The number of H-pyrrole nitrogens is 2. The molecule has 250 valence electrons. The number of oxazole rings is 1. The summed E-state index contributed by atoms with van der Waals surface area (Å²) in [6.07, 6.45) is 7.49. The first kappa shape index (κ1) is 31.5. The van der Waals surface area contributed by atoms with Crippen molar-refractivity contribution in [1.82, 2.24) is 34.7 Å². The molecule has 1 saturated heterocycles. The second kappa shape index (κ2) is 11.8. The van der Waals surface area contributed by atoms with Crippen LogP contribution < -0.4 is 0 Å². The molecule has 12 heteroatoms. The topological polar surface area (TPSA) is 142 Å². The Morgan fingerprint density at radius 2 is 1.65 bits per heavy atom. The van der Waals surface area contributed by atoms with Gasteiger partial charge in [0.2, 0.25) is 5.89 Å². The van der Waals surface area contributed by atoms with Crippen LogP contribution in [0.5, 0.6) is 0 Å². The maximum Gasteiger partial charge on any atom is 0.411 e. The van der Waals surface area contributed by atoms with Crippen molar-refractivity contribution in [2.24, 2.45) is 0 Å². The minimum atomic E-state index is -0.602. The highest BCUT2D eigenvalue weighted by molar-refractivity contribution is 5.90. The number of benzene rings is 2. The van der Waals surface area contributed by atoms with Crippen molar-refractivity contribution in [2.45, 2.75) is 84.1 Å². The summed E-state index contributed by atoms with van der Waals surface area (Å²) in [5, 5.41) is 0. The van der Waals surface area contributed by atoms with E-state index >= 15 is 0 Å². The lowest BCUT2D eigenvalue weighted by Gasteiger charge is -2.33. The number of aromatic amines is 2. The number of hydrogen-bond donors (Lipinski definition) is 2. The predicted molar refractivity (Wildman–Crippen MR) is 181 cm³/mol. The number of likely N-dealkylation sites (tertiary alicyclic amines) is 1. The Labute approximate surface area is 278 Å². The number of rotatable bonds is 4.